The molecular formula is C18H27NO2. The first-order chi connectivity index (χ1) is 10.3. The van der Waals surface area contributed by atoms with E-state index in [9.17, 15) is 0 Å². The predicted molar refractivity (Wildman–Crippen MR) is 84.0 cm³/mol. The second-order valence-corrected chi connectivity index (χ2v) is 6.30. The van der Waals surface area contributed by atoms with Crippen molar-refractivity contribution in [3.05, 3.63) is 35.9 Å². The van der Waals surface area contributed by atoms with Gasteiger partial charge in [0, 0.05) is 31.5 Å². The number of hydrogen-bond acceptors (Lipinski definition) is 3. The van der Waals surface area contributed by atoms with Crippen molar-refractivity contribution in [3.8, 4) is 0 Å². The molecule has 0 amide bonds. The van der Waals surface area contributed by atoms with Gasteiger partial charge in [-0.3, -0.25) is 4.90 Å². The fraction of sp³-hybridized carbons (Fsp3) is 0.667. The normalized spacial score (nSPS) is 29.0. The molecule has 2 heterocycles. The molecule has 2 aliphatic heterocycles. The quantitative estimate of drug-likeness (QED) is 0.845. The van der Waals surface area contributed by atoms with Crippen LogP contribution >= 0.6 is 0 Å². The molecule has 0 aliphatic carbocycles. The van der Waals surface area contributed by atoms with E-state index in [4.69, 9.17) is 9.47 Å². The van der Waals surface area contributed by atoms with Gasteiger partial charge in [-0.25, -0.2) is 0 Å². The van der Waals surface area contributed by atoms with Gasteiger partial charge in [-0.05, 0) is 18.4 Å². The summed E-state index contributed by atoms with van der Waals surface area (Å²) in [7, 11) is 0. The molecule has 0 radical (unpaired) electrons. The van der Waals surface area contributed by atoms with E-state index in [0.717, 1.165) is 45.4 Å². The topological polar surface area (TPSA) is 21.7 Å². The van der Waals surface area contributed by atoms with Crippen molar-refractivity contribution in [1.82, 2.24) is 4.90 Å². The third-order valence-electron chi connectivity index (χ3n) is 5.00. The average molecular weight is 289 g/mol. The van der Waals surface area contributed by atoms with Crippen LogP contribution < -0.4 is 0 Å². The number of piperidine rings is 1. The van der Waals surface area contributed by atoms with Crippen molar-refractivity contribution in [1.29, 1.82) is 0 Å². The summed E-state index contributed by atoms with van der Waals surface area (Å²) >= 11 is 0. The number of nitrogens with zero attached hydrogens (tertiary/aromatic N) is 1. The first-order valence-electron chi connectivity index (χ1n) is 8.34. The SMILES string of the molecule is CC[C@@H]1CC2(C[C@@H](CC)N1Cc1ccccc1)OCCO2. The van der Waals surface area contributed by atoms with Crippen molar-refractivity contribution in [2.75, 3.05) is 13.2 Å². The van der Waals surface area contributed by atoms with Crippen LogP contribution in [0.1, 0.15) is 45.1 Å². The summed E-state index contributed by atoms with van der Waals surface area (Å²) < 4.78 is 12.0. The Morgan fingerprint density at radius 3 is 2.10 bits per heavy atom. The highest BCUT2D eigenvalue weighted by molar-refractivity contribution is 5.15. The summed E-state index contributed by atoms with van der Waals surface area (Å²) in [6.45, 7) is 7.11. The minimum Gasteiger partial charge on any atom is -0.347 e. The molecule has 2 atom stereocenters. The minimum absolute atomic E-state index is 0.297. The lowest BCUT2D eigenvalue weighted by molar-refractivity contribution is -0.211. The second-order valence-electron chi connectivity index (χ2n) is 6.30. The molecule has 21 heavy (non-hydrogen) atoms. The number of ether oxygens (including phenoxy) is 2. The van der Waals surface area contributed by atoms with Gasteiger partial charge in [0.25, 0.3) is 0 Å². The number of benzene rings is 1. The van der Waals surface area contributed by atoms with Gasteiger partial charge < -0.3 is 9.47 Å². The van der Waals surface area contributed by atoms with E-state index in [1.54, 1.807) is 0 Å². The largest absolute Gasteiger partial charge is 0.347 e. The summed E-state index contributed by atoms with van der Waals surface area (Å²) in [4.78, 5) is 2.67. The van der Waals surface area contributed by atoms with E-state index in [1.165, 1.54) is 5.56 Å². The van der Waals surface area contributed by atoms with E-state index in [-0.39, 0.29) is 5.79 Å². The third kappa shape index (κ3) is 3.15. The number of hydrogen-bond donors (Lipinski definition) is 0. The highest BCUT2D eigenvalue weighted by atomic mass is 16.7. The minimum atomic E-state index is -0.297. The van der Waals surface area contributed by atoms with Crippen LogP contribution in [-0.2, 0) is 16.0 Å². The zero-order chi connectivity index (χ0) is 14.7. The Labute approximate surface area is 128 Å². The molecule has 0 unspecified atom stereocenters. The summed E-state index contributed by atoms with van der Waals surface area (Å²) in [5, 5.41) is 0. The fourth-order valence-electron chi connectivity index (χ4n) is 3.88. The first kappa shape index (κ1) is 15.0. The Hall–Kier alpha value is -0.900. The molecule has 0 aromatic heterocycles. The molecule has 1 spiro atoms. The summed E-state index contributed by atoms with van der Waals surface area (Å²) in [6, 6.07) is 11.9. The van der Waals surface area contributed by atoms with Gasteiger partial charge in [-0.1, -0.05) is 44.2 Å². The second kappa shape index (κ2) is 6.47. The molecule has 1 aromatic rings. The van der Waals surface area contributed by atoms with E-state index >= 15 is 0 Å². The van der Waals surface area contributed by atoms with E-state index in [1.807, 2.05) is 0 Å². The van der Waals surface area contributed by atoms with Crippen molar-refractivity contribution < 1.29 is 9.47 Å². The molecule has 1 aromatic carbocycles. The van der Waals surface area contributed by atoms with Gasteiger partial charge in [0.05, 0.1) is 13.2 Å². The molecule has 3 heteroatoms. The van der Waals surface area contributed by atoms with Crippen molar-refractivity contribution >= 4 is 0 Å². The van der Waals surface area contributed by atoms with Crippen molar-refractivity contribution in [2.24, 2.45) is 0 Å². The van der Waals surface area contributed by atoms with Crippen molar-refractivity contribution in [3.63, 3.8) is 0 Å². The van der Waals surface area contributed by atoms with Gasteiger partial charge in [0.15, 0.2) is 5.79 Å². The maximum Gasteiger partial charge on any atom is 0.171 e. The zero-order valence-corrected chi connectivity index (χ0v) is 13.3. The first-order valence-corrected chi connectivity index (χ1v) is 8.34. The summed E-state index contributed by atoms with van der Waals surface area (Å²) in [5.41, 5.74) is 1.40. The highest BCUT2D eigenvalue weighted by Gasteiger charge is 2.47. The smallest absolute Gasteiger partial charge is 0.171 e. The average Bonchev–Trinajstić information content (AvgIpc) is 2.97. The van der Waals surface area contributed by atoms with Crippen LogP contribution in [-0.4, -0.2) is 36.0 Å². The molecule has 2 fully saturated rings. The molecule has 3 nitrogen and oxygen atoms in total. The lowest BCUT2D eigenvalue weighted by atomic mass is 9.87. The lowest BCUT2D eigenvalue weighted by Gasteiger charge is -2.48. The molecule has 0 N–H and O–H groups in total. The standard InChI is InChI=1S/C18H27NO2/c1-3-16-12-18(20-10-11-21-18)13-17(4-2)19(16)14-15-8-6-5-7-9-15/h5-9,16-17H,3-4,10-14H2,1-2H3/t16-,17-/m1/s1. The summed E-state index contributed by atoms with van der Waals surface area (Å²) in [5.74, 6) is -0.297. The Kier molecular flexibility index (Phi) is 4.63. The molecular weight excluding hydrogens is 262 g/mol. The third-order valence-corrected chi connectivity index (χ3v) is 5.00. The van der Waals surface area contributed by atoms with Crippen LogP contribution in [0.15, 0.2) is 30.3 Å². The maximum atomic E-state index is 6.00. The zero-order valence-electron chi connectivity index (χ0n) is 13.3. The lowest BCUT2D eigenvalue weighted by Crippen LogP contribution is -2.55. The van der Waals surface area contributed by atoms with E-state index < -0.39 is 0 Å². The maximum absolute atomic E-state index is 6.00. The van der Waals surface area contributed by atoms with Crippen LogP contribution in [0, 0.1) is 0 Å². The van der Waals surface area contributed by atoms with E-state index in [2.05, 4.69) is 49.1 Å². The van der Waals surface area contributed by atoms with Gasteiger partial charge in [0.2, 0.25) is 0 Å². The Balaban J connectivity index is 1.78. The molecule has 0 saturated carbocycles. The Bertz CT molecular complexity index is 426. The molecule has 2 aliphatic rings. The van der Waals surface area contributed by atoms with Crippen LogP contribution in [0.3, 0.4) is 0 Å². The van der Waals surface area contributed by atoms with Crippen LogP contribution in [0.2, 0.25) is 0 Å². The Morgan fingerprint density at radius 2 is 1.57 bits per heavy atom. The predicted octanol–water partition coefficient (Wildman–Crippen LogP) is 3.58. The summed E-state index contributed by atoms with van der Waals surface area (Å²) in [6.07, 6.45) is 4.31. The number of likely N-dealkylation sites (tertiary alicyclic amines) is 1. The number of rotatable bonds is 4. The van der Waals surface area contributed by atoms with E-state index in [0.29, 0.717) is 12.1 Å². The van der Waals surface area contributed by atoms with Gasteiger partial charge in [-0.15, -0.1) is 0 Å². The Morgan fingerprint density at radius 1 is 1.00 bits per heavy atom. The fourth-order valence-corrected chi connectivity index (χ4v) is 3.88. The van der Waals surface area contributed by atoms with Gasteiger partial charge in [0.1, 0.15) is 0 Å². The monoisotopic (exact) mass is 289 g/mol. The molecule has 116 valence electrons. The molecule has 0 bridgehead atoms. The highest BCUT2D eigenvalue weighted by Crippen LogP contribution is 2.40. The van der Waals surface area contributed by atoms with Crippen molar-refractivity contribution in [2.45, 2.75) is 63.9 Å². The molecule has 3 rings (SSSR count). The van der Waals surface area contributed by atoms with Crippen LogP contribution in [0.5, 0.6) is 0 Å². The van der Waals surface area contributed by atoms with Crippen LogP contribution in [0.25, 0.3) is 0 Å². The van der Waals surface area contributed by atoms with Gasteiger partial charge >= 0.3 is 0 Å². The molecule has 2 saturated heterocycles. The van der Waals surface area contributed by atoms with Crippen LogP contribution in [0.4, 0.5) is 0 Å². The van der Waals surface area contributed by atoms with Gasteiger partial charge in [-0.2, -0.15) is 0 Å².